The van der Waals surface area contributed by atoms with E-state index in [0.29, 0.717) is 23.6 Å². The minimum Gasteiger partial charge on any atom is -0.454 e. The fraction of sp³-hybridized carbons (Fsp3) is 0.312. The molecule has 118 valence electrons. The molecule has 0 bridgehead atoms. The molecular formula is C16H15N3O4. The van der Waals surface area contributed by atoms with E-state index in [0.717, 1.165) is 5.56 Å². The highest BCUT2D eigenvalue weighted by molar-refractivity contribution is 6.21. The molecular weight excluding hydrogens is 298 g/mol. The van der Waals surface area contributed by atoms with Crippen molar-refractivity contribution >= 4 is 17.5 Å². The highest BCUT2D eigenvalue weighted by atomic mass is 16.7. The molecule has 1 saturated heterocycles. The summed E-state index contributed by atoms with van der Waals surface area (Å²) in [6, 6.07) is 5.09. The van der Waals surface area contributed by atoms with Crippen LogP contribution in [0, 0.1) is 5.92 Å². The normalized spacial score (nSPS) is 19.7. The third-order valence-corrected chi connectivity index (χ3v) is 4.09. The molecule has 0 aliphatic carbocycles. The van der Waals surface area contributed by atoms with Crippen LogP contribution >= 0.6 is 0 Å². The number of fused-ring (bicyclic) bond motifs is 1. The van der Waals surface area contributed by atoms with Gasteiger partial charge in [-0.2, -0.15) is 5.10 Å². The van der Waals surface area contributed by atoms with Crippen molar-refractivity contribution in [2.24, 2.45) is 13.0 Å². The number of hydrogen-bond acceptors (Lipinski definition) is 5. The average molecular weight is 313 g/mol. The van der Waals surface area contributed by atoms with Gasteiger partial charge in [0.2, 0.25) is 18.6 Å². The zero-order valence-corrected chi connectivity index (χ0v) is 12.6. The molecule has 0 spiro atoms. The summed E-state index contributed by atoms with van der Waals surface area (Å²) < 4.78 is 12.3. The van der Waals surface area contributed by atoms with Gasteiger partial charge in [0.15, 0.2) is 11.5 Å². The van der Waals surface area contributed by atoms with Gasteiger partial charge in [-0.3, -0.25) is 19.2 Å². The number of carbonyl (C=O) groups excluding carboxylic acids is 2. The average Bonchev–Trinajstić information content (AvgIpc) is 3.20. The Balaban J connectivity index is 1.57. The van der Waals surface area contributed by atoms with Crippen LogP contribution < -0.4 is 14.4 Å². The van der Waals surface area contributed by atoms with Gasteiger partial charge in [0, 0.05) is 25.7 Å². The standard InChI is InChI=1S/C16H15N3O4/c1-18-8-10(7-17-18)4-11-5-15(20)19(16(11)21)12-2-3-13-14(6-12)23-9-22-13/h2-3,6-8,11H,4-5,9H2,1H3. The number of anilines is 1. The van der Waals surface area contributed by atoms with E-state index in [1.807, 2.05) is 13.2 Å². The molecule has 2 aromatic rings. The van der Waals surface area contributed by atoms with Crippen molar-refractivity contribution in [1.82, 2.24) is 9.78 Å². The van der Waals surface area contributed by atoms with Gasteiger partial charge in [-0.1, -0.05) is 0 Å². The Morgan fingerprint density at radius 2 is 2.09 bits per heavy atom. The van der Waals surface area contributed by atoms with E-state index in [2.05, 4.69) is 5.10 Å². The topological polar surface area (TPSA) is 73.7 Å². The largest absolute Gasteiger partial charge is 0.454 e. The monoisotopic (exact) mass is 313 g/mol. The van der Waals surface area contributed by atoms with Crippen LogP contribution in [-0.4, -0.2) is 28.4 Å². The second-order valence-corrected chi connectivity index (χ2v) is 5.73. The Hall–Kier alpha value is -2.83. The molecule has 0 radical (unpaired) electrons. The van der Waals surface area contributed by atoms with Gasteiger partial charge in [-0.25, -0.2) is 0 Å². The molecule has 1 aromatic heterocycles. The zero-order chi connectivity index (χ0) is 16.0. The Morgan fingerprint density at radius 1 is 1.26 bits per heavy atom. The predicted octanol–water partition coefficient (Wildman–Crippen LogP) is 1.27. The number of amides is 2. The smallest absolute Gasteiger partial charge is 0.237 e. The lowest BCUT2D eigenvalue weighted by atomic mass is 10.0. The molecule has 0 saturated carbocycles. The fourth-order valence-corrected chi connectivity index (χ4v) is 3.01. The molecule has 7 heteroatoms. The van der Waals surface area contributed by atoms with Crippen LogP contribution in [0.25, 0.3) is 0 Å². The van der Waals surface area contributed by atoms with E-state index in [1.54, 1.807) is 29.1 Å². The summed E-state index contributed by atoms with van der Waals surface area (Å²) in [5, 5.41) is 4.10. The quantitative estimate of drug-likeness (QED) is 0.798. The summed E-state index contributed by atoms with van der Waals surface area (Å²) in [6.45, 7) is 0.157. The number of nitrogens with zero attached hydrogens (tertiary/aromatic N) is 3. The molecule has 2 aliphatic rings. The highest BCUT2D eigenvalue weighted by Gasteiger charge is 2.40. The number of imide groups is 1. The second-order valence-electron chi connectivity index (χ2n) is 5.73. The number of ether oxygens (including phenoxy) is 2. The van der Waals surface area contributed by atoms with Crippen molar-refractivity contribution in [3.8, 4) is 11.5 Å². The van der Waals surface area contributed by atoms with Gasteiger partial charge in [0.1, 0.15) is 0 Å². The van der Waals surface area contributed by atoms with E-state index < -0.39 is 0 Å². The predicted molar refractivity (Wildman–Crippen MR) is 80.1 cm³/mol. The second kappa shape index (κ2) is 5.12. The molecule has 23 heavy (non-hydrogen) atoms. The first-order valence-electron chi connectivity index (χ1n) is 7.36. The van der Waals surface area contributed by atoms with E-state index in [4.69, 9.17) is 9.47 Å². The van der Waals surface area contributed by atoms with Gasteiger partial charge in [-0.15, -0.1) is 0 Å². The summed E-state index contributed by atoms with van der Waals surface area (Å²) in [7, 11) is 1.82. The van der Waals surface area contributed by atoms with Gasteiger partial charge in [0.25, 0.3) is 0 Å². The fourth-order valence-electron chi connectivity index (χ4n) is 3.01. The minimum absolute atomic E-state index is 0.157. The lowest BCUT2D eigenvalue weighted by Crippen LogP contribution is -2.30. The maximum Gasteiger partial charge on any atom is 0.237 e. The maximum atomic E-state index is 12.6. The van der Waals surface area contributed by atoms with Crippen molar-refractivity contribution in [3.63, 3.8) is 0 Å². The Kier molecular flexibility index (Phi) is 3.07. The first-order valence-corrected chi connectivity index (χ1v) is 7.36. The summed E-state index contributed by atoms with van der Waals surface area (Å²) in [5.41, 5.74) is 1.48. The van der Waals surface area contributed by atoms with Crippen LogP contribution in [0.3, 0.4) is 0 Å². The molecule has 1 fully saturated rings. The first kappa shape index (κ1) is 13.8. The van der Waals surface area contributed by atoms with Crippen molar-refractivity contribution < 1.29 is 19.1 Å². The maximum absolute atomic E-state index is 12.6. The van der Waals surface area contributed by atoms with Gasteiger partial charge < -0.3 is 9.47 Å². The molecule has 1 atom stereocenters. The van der Waals surface area contributed by atoms with Gasteiger partial charge >= 0.3 is 0 Å². The molecule has 2 aliphatic heterocycles. The molecule has 0 N–H and O–H groups in total. The van der Waals surface area contributed by atoms with Crippen molar-refractivity contribution in [2.75, 3.05) is 11.7 Å². The van der Waals surface area contributed by atoms with Crippen molar-refractivity contribution in [2.45, 2.75) is 12.8 Å². The van der Waals surface area contributed by atoms with Crippen LogP contribution in [0.4, 0.5) is 5.69 Å². The van der Waals surface area contributed by atoms with E-state index >= 15 is 0 Å². The number of aryl methyl sites for hydroxylation is 1. The van der Waals surface area contributed by atoms with E-state index in [1.165, 1.54) is 4.90 Å². The van der Waals surface area contributed by atoms with Gasteiger partial charge in [0.05, 0.1) is 17.8 Å². The summed E-state index contributed by atoms with van der Waals surface area (Å²) >= 11 is 0. The van der Waals surface area contributed by atoms with Crippen molar-refractivity contribution in [3.05, 3.63) is 36.2 Å². The number of rotatable bonds is 3. The zero-order valence-electron chi connectivity index (χ0n) is 12.6. The molecule has 4 rings (SSSR count). The number of carbonyl (C=O) groups is 2. The van der Waals surface area contributed by atoms with Crippen molar-refractivity contribution in [1.29, 1.82) is 0 Å². The lowest BCUT2D eigenvalue weighted by Gasteiger charge is -2.15. The first-order chi connectivity index (χ1) is 11.1. The Bertz CT molecular complexity index is 798. The Labute approximate surface area is 132 Å². The Morgan fingerprint density at radius 3 is 2.87 bits per heavy atom. The number of benzene rings is 1. The number of aromatic nitrogens is 2. The number of hydrogen-bond donors (Lipinski definition) is 0. The van der Waals surface area contributed by atoms with Crippen LogP contribution in [0.2, 0.25) is 0 Å². The highest BCUT2D eigenvalue weighted by Crippen LogP contribution is 2.37. The third-order valence-electron chi connectivity index (χ3n) is 4.09. The molecule has 7 nitrogen and oxygen atoms in total. The van der Waals surface area contributed by atoms with Gasteiger partial charge in [-0.05, 0) is 24.1 Å². The van der Waals surface area contributed by atoms with E-state index in [-0.39, 0.29) is 30.9 Å². The summed E-state index contributed by atoms with van der Waals surface area (Å²) in [6.07, 6.45) is 4.31. The van der Waals surface area contributed by atoms with Crippen LogP contribution in [0.5, 0.6) is 11.5 Å². The van der Waals surface area contributed by atoms with Crippen LogP contribution in [0.15, 0.2) is 30.6 Å². The summed E-state index contributed by atoms with van der Waals surface area (Å²) in [4.78, 5) is 26.2. The molecule has 1 unspecified atom stereocenters. The summed E-state index contributed by atoms with van der Waals surface area (Å²) in [5.74, 6) is 0.455. The molecule has 2 amide bonds. The SMILES string of the molecule is Cn1cc(CC2CC(=O)N(c3ccc4c(c3)OCO4)C2=O)cn1. The van der Waals surface area contributed by atoms with Crippen LogP contribution in [-0.2, 0) is 23.1 Å². The van der Waals surface area contributed by atoms with E-state index in [9.17, 15) is 9.59 Å². The molecule has 3 heterocycles. The molecule has 1 aromatic carbocycles. The third kappa shape index (κ3) is 2.34. The minimum atomic E-state index is -0.350. The lowest BCUT2D eigenvalue weighted by molar-refractivity contribution is -0.122. The van der Waals surface area contributed by atoms with Crippen LogP contribution in [0.1, 0.15) is 12.0 Å².